The lowest BCUT2D eigenvalue weighted by Crippen LogP contribution is -2.04. The minimum Gasteiger partial charge on any atom is -0.323 e. The monoisotopic (exact) mass is 371 g/mol. The molecule has 1 aromatic carbocycles. The lowest BCUT2D eigenvalue weighted by molar-refractivity contribution is -0.137. The Kier molecular flexibility index (Phi) is 3.73. The second kappa shape index (κ2) is 5.56. The molecule has 0 saturated heterocycles. The van der Waals surface area contributed by atoms with E-state index in [1.165, 1.54) is 12.1 Å². The van der Waals surface area contributed by atoms with Crippen molar-refractivity contribution in [3.63, 3.8) is 0 Å². The van der Waals surface area contributed by atoms with E-state index in [0.29, 0.717) is 22.5 Å². The van der Waals surface area contributed by atoms with Crippen LogP contribution in [0.4, 0.5) is 24.8 Å². The lowest BCUT2D eigenvalue weighted by atomic mass is 10.2. The summed E-state index contributed by atoms with van der Waals surface area (Å²) in [7, 11) is 0. The molecule has 3 aromatic rings. The van der Waals surface area contributed by atoms with E-state index in [1.807, 2.05) is 0 Å². The zero-order valence-corrected chi connectivity index (χ0v) is 12.6. The predicted molar refractivity (Wildman–Crippen MR) is 78.1 cm³/mol. The van der Waals surface area contributed by atoms with Crippen LogP contribution in [0.2, 0.25) is 0 Å². The molecule has 114 valence electrons. The van der Waals surface area contributed by atoms with Crippen molar-refractivity contribution in [1.29, 1.82) is 0 Å². The van der Waals surface area contributed by atoms with Crippen LogP contribution in [0.3, 0.4) is 0 Å². The molecule has 3 rings (SSSR count). The maximum Gasteiger partial charge on any atom is 0.416 e. The summed E-state index contributed by atoms with van der Waals surface area (Å²) >= 11 is 3.30. The molecule has 2 heterocycles. The summed E-state index contributed by atoms with van der Waals surface area (Å²) in [5.41, 5.74) is 0.364. The topological polar surface area (TPSA) is 55.1 Å². The van der Waals surface area contributed by atoms with Crippen LogP contribution in [0.15, 0.2) is 36.5 Å². The number of fused-ring (bicyclic) bond motifs is 1. The molecule has 0 spiro atoms. The molecule has 0 aliphatic rings. The van der Waals surface area contributed by atoms with Crippen molar-refractivity contribution in [3.05, 3.63) is 47.9 Å². The fourth-order valence-electron chi connectivity index (χ4n) is 1.88. The van der Waals surface area contributed by atoms with Gasteiger partial charge in [-0.3, -0.25) is 0 Å². The lowest BCUT2D eigenvalue weighted by Gasteiger charge is -2.07. The molecule has 2 aromatic heterocycles. The molecule has 1 N–H and O–H groups in total. The number of hydrogen-bond acceptors (Lipinski definition) is 4. The van der Waals surface area contributed by atoms with Crippen molar-refractivity contribution in [3.8, 4) is 0 Å². The van der Waals surface area contributed by atoms with Gasteiger partial charge in [0.25, 0.3) is 0 Å². The molecule has 0 unspecified atom stereocenters. The number of nitrogens with one attached hydrogen (secondary N) is 1. The fraction of sp³-hybridized carbons (Fsp3) is 0.154. The first-order valence-electron chi connectivity index (χ1n) is 6.18. The van der Waals surface area contributed by atoms with Crippen LogP contribution in [-0.4, -0.2) is 19.6 Å². The summed E-state index contributed by atoms with van der Waals surface area (Å²) in [5.74, 6) is 0.959. The van der Waals surface area contributed by atoms with Gasteiger partial charge in [-0.15, -0.1) is 5.10 Å². The van der Waals surface area contributed by atoms with Gasteiger partial charge in [-0.1, -0.05) is 15.9 Å². The van der Waals surface area contributed by atoms with E-state index in [0.717, 1.165) is 12.1 Å². The molecule has 0 amide bonds. The van der Waals surface area contributed by atoms with E-state index in [2.05, 4.69) is 36.3 Å². The van der Waals surface area contributed by atoms with E-state index in [1.54, 1.807) is 16.8 Å². The highest BCUT2D eigenvalue weighted by atomic mass is 79.9. The van der Waals surface area contributed by atoms with Gasteiger partial charge >= 0.3 is 6.18 Å². The SMILES string of the molecule is FC(F)(F)c1ccc(Nc2nc3ccnc(CBr)n3n2)cc1. The maximum atomic E-state index is 12.5. The van der Waals surface area contributed by atoms with Crippen LogP contribution in [0.1, 0.15) is 11.4 Å². The molecule has 0 atom stereocenters. The average Bonchev–Trinajstić information content (AvgIpc) is 2.89. The largest absolute Gasteiger partial charge is 0.416 e. The van der Waals surface area contributed by atoms with Crippen molar-refractivity contribution in [2.24, 2.45) is 0 Å². The number of aromatic nitrogens is 4. The first-order valence-corrected chi connectivity index (χ1v) is 7.30. The predicted octanol–water partition coefficient (Wildman–Crippen LogP) is 3.78. The number of hydrogen-bond donors (Lipinski definition) is 1. The first-order chi connectivity index (χ1) is 10.5. The molecule has 9 heteroatoms. The minimum atomic E-state index is -4.35. The van der Waals surface area contributed by atoms with Crippen molar-refractivity contribution in [1.82, 2.24) is 19.6 Å². The number of rotatable bonds is 3. The molecular formula is C13H9BrF3N5. The molecule has 0 aliphatic heterocycles. The summed E-state index contributed by atoms with van der Waals surface area (Å²) in [5, 5.41) is 7.61. The summed E-state index contributed by atoms with van der Waals surface area (Å²) < 4.78 is 39.1. The smallest absolute Gasteiger partial charge is 0.323 e. The number of nitrogens with zero attached hydrogens (tertiary/aromatic N) is 4. The van der Waals surface area contributed by atoms with E-state index in [4.69, 9.17) is 0 Å². The van der Waals surface area contributed by atoms with Crippen LogP contribution < -0.4 is 5.32 Å². The van der Waals surface area contributed by atoms with Crippen molar-refractivity contribution >= 4 is 33.2 Å². The first kappa shape index (κ1) is 14.8. The number of alkyl halides is 4. The quantitative estimate of drug-likeness (QED) is 0.711. The van der Waals surface area contributed by atoms with Gasteiger partial charge in [-0.05, 0) is 24.3 Å². The van der Waals surface area contributed by atoms with E-state index in [-0.39, 0.29) is 5.95 Å². The Morgan fingerprint density at radius 3 is 2.50 bits per heavy atom. The molecule has 0 radical (unpaired) electrons. The summed E-state index contributed by atoms with van der Waals surface area (Å²) in [6, 6.07) is 6.36. The molecule has 0 fully saturated rings. The Morgan fingerprint density at radius 2 is 1.86 bits per heavy atom. The van der Waals surface area contributed by atoms with Crippen LogP contribution in [0, 0.1) is 0 Å². The Balaban J connectivity index is 1.87. The van der Waals surface area contributed by atoms with E-state index < -0.39 is 11.7 Å². The van der Waals surface area contributed by atoms with E-state index >= 15 is 0 Å². The van der Waals surface area contributed by atoms with Crippen LogP contribution >= 0.6 is 15.9 Å². The van der Waals surface area contributed by atoms with Gasteiger partial charge < -0.3 is 5.32 Å². The highest BCUT2D eigenvalue weighted by Gasteiger charge is 2.29. The molecule has 0 aliphatic carbocycles. The third-order valence-electron chi connectivity index (χ3n) is 2.91. The highest BCUT2D eigenvalue weighted by Crippen LogP contribution is 2.30. The molecule has 0 bridgehead atoms. The highest BCUT2D eigenvalue weighted by molar-refractivity contribution is 9.08. The summed E-state index contributed by atoms with van der Waals surface area (Å²) in [6.07, 6.45) is -2.74. The van der Waals surface area contributed by atoms with Gasteiger partial charge in [-0.25, -0.2) is 4.98 Å². The average molecular weight is 372 g/mol. The van der Waals surface area contributed by atoms with Crippen LogP contribution in [-0.2, 0) is 11.5 Å². The van der Waals surface area contributed by atoms with Crippen LogP contribution in [0.25, 0.3) is 5.65 Å². The van der Waals surface area contributed by atoms with E-state index in [9.17, 15) is 13.2 Å². The normalized spacial score (nSPS) is 11.8. The summed E-state index contributed by atoms with van der Waals surface area (Å²) in [4.78, 5) is 8.39. The zero-order valence-electron chi connectivity index (χ0n) is 11.0. The van der Waals surface area contributed by atoms with Crippen molar-refractivity contribution in [2.45, 2.75) is 11.5 Å². The van der Waals surface area contributed by atoms with Gasteiger partial charge in [-0.2, -0.15) is 22.7 Å². The van der Waals surface area contributed by atoms with Gasteiger partial charge in [0.1, 0.15) is 5.82 Å². The number of anilines is 2. The second-order valence-electron chi connectivity index (χ2n) is 4.40. The number of halogens is 4. The Labute approximate surface area is 131 Å². The van der Waals surface area contributed by atoms with Crippen molar-refractivity contribution in [2.75, 3.05) is 5.32 Å². The van der Waals surface area contributed by atoms with Crippen molar-refractivity contribution < 1.29 is 13.2 Å². The molecule has 5 nitrogen and oxygen atoms in total. The zero-order chi connectivity index (χ0) is 15.7. The third-order valence-corrected chi connectivity index (χ3v) is 3.41. The molecule has 0 saturated carbocycles. The van der Waals surface area contributed by atoms with Gasteiger partial charge in [0, 0.05) is 18.0 Å². The Morgan fingerprint density at radius 1 is 1.14 bits per heavy atom. The third kappa shape index (κ3) is 2.89. The minimum absolute atomic E-state index is 0.287. The van der Waals surface area contributed by atoms with Gasteiger partial charge in [0.2, 0.25) is 5.95 Å². The van der Waals surface area contributed by atoms with Gasteiger partial charge in [0.05, 0.1) is 10.9 Å². The second-order valence-corrected chi connectivity index (χ2v) is 4.96. The Hall–Kier alpha value is -2.16. The van der Waals surface area contributed by atoms with Gasteiger partial charge in [0.15, 0.2) is 5.65 Å². The fourth-order valence-corrected chi connectivity index (χ4v) is 2.26. The molecular weight excluding hydrogens is 363 g/mol. The standard InChI is InChI=1S/C13H9BrF3N5/c14-7-11-18-6-5-10-20-12(21-22(10)11)19-9-3-1-8(2-4-9)13(15,16)17/h1-6H,7H2,(H,19,21). The Bertz CT molecular complexity index is 798. The maximum absolute atomic E-state index is 12.5. The molecule has 22 heavy (non-hydrogen) atoms. The number of benzene rings is 1. The summed E-state index contributed by atoms with van der Waals surface area (Å²) in [6.45, 7) is 0. The van der Waals surface area contributed by atoms with Crippen LogP contribution in [0.5, 0.6) is 0 Å².